The lowest BCUT2D eigenvalue weighted by atomic mass is 9.92. The van der Waals surface area contributed by atoms with Crippen LogP contribution in [0.25, 0.3) is 11.1 Å². The number of benzene rings is 2. The number of hydrogen-bond donors (Lipinski definition) is 2. The van der Waals surface area contributed by atoms with Crippen molar-refractivity contribution in [3.05, 3.63) is 53.1 Å². The largest absolute Gasteiger partial charge is 0.496 e. The number of methoxy groups -OCH3 is 1. The lowest BCUT2D eigenvalue weighted by molar-refractivity contribution is -0.137. The molecular weight excluding hydrogens is 361 g/mol. The summed E-state index contributed by atoms with van der Waals surface area (Å²) in [5.41, 5.74) is 11.4. The zero-order valence-corrected chi connectivity index (χ0v) is 14.6. The molecule has 0 aromatic heterocycles. The van der Waals surface area contributed by atoms with Gasteiger partial charge >= 0.3 is 6.18 Å². The lowest BCUT2D eigenvalue weighted by Gasteiger charge is -2.16. The highest BCUT2D eigenvalue weighted by atomic mass is 19.4. The fourth-order valence-electron chi connectivity index (χ4n) is 2.77. The quantitative estimate of drug-likeness (QED) is 0.773. The first-order valence-electron chi connectivity index (χ1n) is 8.06. The van der Waals surface area contributed by atoms with Crippen LogP contribution in [0.4, 0.5) is 13.2 Å². The average molecular weight is 380 g/mol. The maximum absolute atomic E-state index is 13.1. The van der Waals surface area contributed by atoms with Crippen LogP contribution in [0.5, 0.6) is 5.75 Å². The Morgan fingerprint density at radius 2 is 1.70 bits per heavy atom. The molecule has 0 saturated carbocycles. The zero-order chi connectivity index (χ0) is 20.2. The number of primary amides is 2. The predicted molar refractivity (Wildman–Crippen MR) is 93.8 cm³/mol. The van der Waals surface area contributed by atoms with E-state index in [-0.39, 0.29) is 19.3 Å². The summed E-state index contributed by atoms with van der Waals surface area (Å²) in [5, 5.41) is 0. The van der Waals surface area contributed by atoms with Gasteiger partial charge in [-0.2, -0.15) is 13.2 Å². The minimum Gasteiger partial charge on any atom is -0.496 e. The number of carbonyl (C=O) groups excluding carboxylic acids is 2. The molecule has 0 saturated heterocycles. The minimum atomic E-state index is -4.52. The number of halogens is 3. The van der Waals surface area contributed by atoms with Crippen molar-refractivity contribution in [2.24, 2.45) is 11.5 Å². The standard InChI is InChI=1S/C19H19F3N2O3/c1-27-16-6-2-11(9-18(24)26)8-15(16)14-5-4-13(19(20,21)22)10-12(14)3-7-17(23)25/h2,4-6,8,10H,3,7,9H2,1H3,(H2,23,25)(H2,24,26). The van der Waals surface area contributed by atoms with Gasteiger partial charge in [-0.3, -0.25) is 9.59 Å². The summed E-state index contributed by atoms with van der Waals surface area (Å²) in [4.78, 5) is 22.3. The smallest absolute Gasteiger partial charge is 0.416 e. The second-order valence-electron chi connectivity index (χ2n) is 6.01. The number of carbonyl (C=O) groups is 2. The Balaban J connectivity index is 2.61. The molecule has 4 N–H and O–H groups in total. The number of ether oxygens (including phenoxy) is 1. The Hall–Kier alpha value is -3.03. The maximum Gasteiger partial charge on any atom is 0.416 e. The van der Waals surface area contributed by atoms with E-state index in [0.717, 1.165) is 12.1 Å². The summed E-state index contributed by atoms with van der Waals surface area (Å²) in [6.07, 6.45) is -4.60. The van der Waals surface area contributed by atoms with Crippen LogP contribution in [-0.4, -0.2) is 18.9 Å². The molecule has 8 heteroatoms. The first-order valence-corrected chi connectivity index (χ1v) is 8.06. The van der Waals surface area contributed by atoms with Crippen molar-refractivity contribution in [2.45, 2.75) is 25.4 Å². The first kappa shape index (κ1) is 20.3. The molecule has 5 nitrogen and oxygen atoms in total. The highest BCUT2D eigenvalue weighted by Crippen LogP contribution is 2.37. The van der Waals surface area contributed by atoms with E-state index in [0.29, 0.717) is 28.0 Å². The molecule has 0 aliphatic heterocycles. The Morgan fingerprint density at radius 3 is 2.26 bits per heavy atom. The zero-order valence-electron chi connectivity index (χ0n) is 14.6. The molecule has 2 aromatic carbocycles. The van der Waals surface area contributed by atoms with E-state index >= 15 is 0 Å². The van der Waals surface area contributed by atoms with Crippen LogP contribution in [0.15, 0.2) is 36.4 Å². The fourth-order valence-corrected chi connectivity index (χ4v) is 2.77. The van der Waals surface area contributed by atoms with Crippen LogP contribution in [0, 0.1) is 0 Å². The van der Waals surface area contributed by atoms with Gasteiger partial charge in [-0.05, 0) is 47.4 Å². The molecule has 0 aliphatic carbocycles. The third kappa shape index (κ3) is 5.22. The van der Waals surface area contributed by atoms with E-state index in [9.17, 15) is 22.8 Å². The molecule has 0 fully saturated rings. The van der Waals surface area contributed by atoms with Gasteiger partial charge in [-0.15, -0.1) is 0 Å². The number of hydrogen-bond acceptors (Lipinski definition) is 3. The van der Waals surface area contributed by atoms with Crippen molar-refractivity contribution in [1.29, 1.82) is 0 Å². The third-order valence-corrected chi connectivity index (χ3v) is 4.01. The number of aryl methyl sites for hydroxylation is 1. The van der Waals surface area contributed by atoms with Crippen LogP contribution in [0.2, 0.25) is 0 Å². The SMILES string of the molecule is COc1ccc(CC(N)=O)cc1-c1ccc(C(F)(F)F)cc1CCC(N)=O. The molecule has 2 aromatic rings. The molecule has 0 atom stereocenters. The van der Waals surface area contributed by atoms with Crippen LogP contribution >= 0.6 is 0 Å². The van der Waals surface area contributed by atoms with Crippen molar-refractivity contribution < 1.29 is 27.5 Å². The molecule has 2 rings (SSSR count). The van der Waals surface area contributed by atoms with Gasteiger partial charge in [0.25, 0.3) is 0 Å². The molecular formula is C19H19F3N2O3. The second kappa shape index (κ2) is 8.11. The van der Waals surface area contributed by atoms with Crippen LogP contribution < -0.4 is 16.2 Å². The van der Waals surface area contributed by atoms with Gasteiger partial charge in [-0.1, -0.05) is 12.1 Å². The van der Waals surface area contributed by atoms with Crippen molar-refractivity contribution in [3.63, 3.8) is 0 Å². The predicted octanol–water partition coefficient (Wildman–Crippen LogP) is 2.83. The first-order chi connectivity index (χ1) is 12.6. The summed E-state index contributed by atoms with van der Waals surface area (Å²) in [6.45, 7) is 0. The normalized spacial score (nSPS) is 11.3. The van der Waals surface area contributed by atoms with Gasteiger partial charge in [0.05, 0.1) is 19.1 Å². The highest BCUT2D eigenvalue weighted by molar-refractivity contribution is 5.80. The molecule has 27 heavy (non-hydrogen) atoms. The molecule has 0 spiro atoms. The summed E-state index contributed by atoms with van der Waals surface area (Å²) in [7, 11) is 1.43. The Kier molecular flexibility index (Phi) is 6.09. The van der Waals surface area contributed by atoms with E-state index in [1.807, 2.05) is 0 Å². The summed E-state index contributed by atoms with van der Waals surface area (Å²) in [6, 6.07) is 8.19. The number of nitrogens with two attached hydrogens (primary N) is 2. The van der Waals surface area contributed by atoms with Crippen molar-refractivity contribution in [1.82, 2.24) is 0 Å². The Bertz CT molecular complexity index is 864. The lowest BCUT2D eigenvalue weighted by Crippen LogP contribution is -2.14. The van der Waals surface area contributed by atoms with E-state index < -0.39 is 23.6 Å². The number of rotatable bonds is 7. The Morgan fingerprint density at radius 1 is 1.00 bits per heavy atom. The van der Waals surface area contributed by atoms with E-state index in [2.05, 4.69) is 0 Å². The van der Waals surface area contributed by atoms with Crippen molar-refractivity contribution in [2.75, 3.05) is 7.11 Å². The maximum atomic E-state index is 13.1. The molecule has 144 valence electrons. The third-order valence-electron chi connectivity index (χ3n) is 4.01. The molecule has 0 heterocycles. The number of amides is 2. The average Bonchev–Trinajstić information content (AvgIpc) is 2.58. The Labute approximate surface area is 154 Å². The second-order valence-corrected chi connectivity index (χ2v) is 6.01. The van der Waals surface area contributed by atoms with Crippen LogP contribution in [0.3, 0.4) is 0 Å². The van der Waals surface area contributed by atoms with Crippen LogP contribution in [0.1, 0.15) is 23.1 Å². The van der Waals surface area contributed by atoms with Gasteiger partial charge in [-0.25, -0.2) is 0 Å². The van der Waals surface area contributed by atoms with Crippen molar-refractivity contribution in [3.8, 4) is 16.9 Å². The molecule has 0 unspecified atom stereocenters. The van der Waals surface area contributed by atoms with Gasteiger partial charge < -0.3 is 16.2 Å². The van der Waals surface area contributed by atoms with E-state index in [1.54, 1.807) is 18.2 Å². The molecule has 0 radical (unpaired) electrons. The molecule has 0 bridgehead atoms. The summed E-state index contributed by atoms with van der Waals surface area (Å²) in [5.74, 6) is -0.733. The fraction of sp³-hybridized carbons (Fsp3) is 0.263. The van der Waals surface area contributed by atoms with Gasteiger partial charge in [0.2, 0.25) is 11.8 Å². The van der Waals surface area contributed by atoms with Gasteiger partial charge in [0.15, 0.2) is 0 Å². The molecule has 2 amide bonds. The highest BCUT2D eigenvalue weighted by Gasteiger charge is 2.31. The molecule has 0 aliphatic rings. The summed E-state index contributed by atoms with van der Waals surface area (Å²) < 4.78 is 44.6. The van der Waals surface area contributed by atoms with Gasteiger partial charge in [0.1, 0.15) is 5.75 Å². The van der Waals surface area contributed by atoms with Crippen molar-refractivity contribution >= 4 is 11.8 Å². The van der Waals surface area contributed by atoms with Gasteiger partial charge in [0, 0.05) is 12.0 Å². The monoisotopic (exact) mass is 380 g/mol. The summed E-state index contributed by atoms with van der Waals surface area (Å²) >= 11 is 0. The minimum absolute atomic E-state index is 0.0196. The number of alkyl halides is 3. The van der Waals surface area contributed by atoms with E-state index in [4.69, 9.17) is 16.2 Å². The van der Waals surface area contributed by atoms with Crippen LogP contribution in [-0.2, 0) is 28.6 Å². The van der Waals surface area contributed by atoms with E-state index in [1.165, 1.54) is 13.2 Å². The topological polar surface area (TPSA) is 95.4 Å².